The molecule has 0 bridgehead atoms. The van der Waals surface area contributed by atoms with Gasteiger partial charge in [-0.25, -0.2) is 9.97 Å². The number of aromatic nitrogens is 3. The number of nitrogens with zero attached hydrogens (tertiary/aromatic N) is 4. The van der Waals surface area contributed by atoms with Gasteiger partial charge >= 0.3 is 0 Å². The van der Waals surface area contributed by atoms with E-state index in [4.69, 9.17) is 5.73 Å². The Hall–Kier alpha value is -1.31. The minimum Gasteiger partial charge on any atom is -0.384 e. The van der Waals surface area contributed by atoms with E-state index in [-0.39, 0.29) is 5.25 Å². The molecule has 7 heteroatoms. The molecule has 1 unspecified atom stereocenters. The Labute approximate surface area is 140 Å². The Morgan fingerprint density at radius 1 is 1.27 bits per heavy atom. The predicted octanol–water partition coefficient (Wildman–Crippen LogP) is 3.09. The summed E-state index contributed by atoms with van der Waals surface area (Å²) in [5, 5.41) is 1.74. The van der Waals surface area contributed by atoms with Crippen LogP contribution in [-0.2, 0) is 6.54 Å². The van der Waals surface area contributed by atoms with Crippen molar-refractivity contribution in [2.24, 2.45) is 0 Å². The molecule has 0 aliphatic heterocycles. The largest absolute Gasteiger partial charge is 0.384 e. The topological polar surface area (TPSA) is 67.9 Å². The minimum absolute atomic E-state index is 0.165. The number of anilines is 1. The van der Waals surface area contributed by atoms with Crippen molar-refractivity contribution >= 4 is 29.3 Å². The third-order valence-electron chi connectivity index (χ3n) is 2.95. The van der Waals surface area contributed by atoms with Crippen molar-refractivity contribution in [3.05, 3.63) is 35.7 Å². The van der Waals surface area contributed by atoms with Gasteiger partial charge in [-0.2, -0.15) is 0 Å². The van der Waals surface area contributed by atoms with Crippen LogP contribution in [0.1, 0.15) is 23.4 Å². The Bertz CT molecular complexity index is 633. The molecule has 0 saturated carbocycles. The highest BCUT2D eigenvalue weighted by molar-refractivity contribution is 7.99. The highest BCUT2D eigenvalue weighted by Crippen LogP contribution is 2.33. The molecule has 0 fully saturated rings. The van der Waals surface area contributed by atoms with Crippen LogP contribution in [0.25, 0.3) is 0 Å². The summed E-state index contributed by atoms with van der Waals surface area (Å²) < 4.78 is 0. The van der Waals surface area contributed by atoms with Crippen molar-refractivity contribution in [2.75, 3.05) is 26.1 Å². The lowest BCUT2D eigenvalue weighted by Gasteiger charge is -2.14. The molecular formula is C15H21N5S2. The molecule has 2 aromatic heterocycles. The summed E-state index contributed by atoms with van der Waals surface area (Å²) in [6.45, 7) is 3.01. The summed E-state index contributed by atoms with van der Waals surface area (Å²) in [5.74, 6) is 0.503. The summed E-state index contributed by atoms with van der Waals surface area (Å²) in [6.07, 6.45) is 3.84. The van der Waals surface area contributed by atoms with Crippen LogP contribution >= 0.6 is 23.5 Å². The third-order valence-corrected chi connectivity index (χ3v) is 4.57. The molecule has 0 amide bonds. The molecule has 5 nitrogen and oxygen atoms in total. The van der Waals surface area contributed by atoms with Gasteiger partial charge in [0.05, 0.1) is 10.9 Å². The van der Waals surface area contributed by atoms with Crippen LogP contribution in [0.2, 0.25) is 0 Å². The lowest BCUT2D eigenvalue weighted by Crippen LogP contribution is -2.11. The summed E-state index contributed by atoms with van der Waals surface area (Å²) in [7, 11) is 4.12. The molecule has 0 saturated heterocycles. The number of hydrogen-bond donors (Lipinski definition) is 1. The fourth-order valence-corrected chi connectivity index (χ4v) is 3.33. The van der Waals surface area contributed by atoms with Gasteiger partial charge in [-0.05, 0) is 45.0 Å². The van der Waals surface area contributed by atoms with Gasteiger partial charge in [-0.3, -0.25) is 4.98 Å². The minimum atomic E-state index is 0.165. The average molecular weight is 336 g/mol. The average Bonchev–Trinajstić information content (AvgIpc) is 2.46. The molecule has 0 radical (unpaired) electrons. The zero-order valence-corrected chi connectivity index (χ0v) is 14.9. The molecule has 118 valence electrons. The van der Waals surface area contributed by atoms with Gasteiger partial charge in [0.25, 0.3) is 0 Å². The van der Waals surface area contributed by atoms with Crippen molar-refractivity contribution in [3.8, 4) is 0 Å². The van der Waals surface area contributed by atoms with Crippen LogP contribution in [0.5, 0.6) is 0 Å². The first-order chi connectivity index (χ1) is 10.5. The van der Waals surface area contributed by atoms with Gasteiger partial charge in [0.15, 0.2) is 5.16 Å². The van der Waals surface area contributed by atoms with Crippen molar-refractivity contribution in [3.63, 3.8) is 0 Å². The fraction of sp³-hybridized carbons (Fsp3) is 0.400. The second kappa shape index (κ2) is 7.80. The smallest absolute Gasteiger partial charge is 0.191 e. The summed E-state index contributed by atoms with van der Waals surface area (Å²) >= 11 is 3.14. The van der Waals surface area contributed by atoms with Crippen LogP contribution in [0.4, 0.5) is 5.82 Å². The predicted molar refractivity (Wildman–Crippen MR) is 94.1 cm³/mol. The maximum absolute atomic E-state index is 5.83. The molecule has 0 aromatic carbocycles. The molecular weight excluding hydrogens is 314 g/mol. The van der Waals surface area contributed by atoms with E-state index in [0.717, 1.165) is 17.3 Å². The van der Waals surface area contributed by atoms with Crippen LogP contribution < -0.4 is 5.73 Å². The van der Waals surface area contributed by atoms with Crippen LogP contribution in [-0.4, -0.2) is 40.2 Å². The lowest BCUT2D eigenvalue weighted by molar-refractivity contribution is 0.402. The zero-order chi connectivity index (χ0) is 16.1. The van der Waals surface area contributed by atoms with E-state index in [1.807, 2.05) is 18.5 Å². The first kappa shape index (κ1) is 17.1. The highest BCUT2D eigenvalue weighted by atomic mass is 32.2. The molecule has 2 rings (SSSR count). The van der Waals surface area contributed by atoms with Gasteiger partial charge in [-0.15, -0.1) is 11.8 Å². The van der Waals surface area contributed by atoms with Crippen molar-refractivity contribution < 1.29 is 0 Å². The number of pyridine rings is 1. The number of nitrogens with two attached hydrogens (primary N) is 1. The third kappa shape index (κ3) is 4.86. The van der Waals surface area contributed by atoms with E-state index < -0.39 is 0 Å². The maximum Gasteiger partial charge on any atom is 0.191 e. The van der Waals surface area contributed by atoms with E-state index >= 15 is 0 Å². The van der Waals surface area contributed by atoms with E-state index in [1.165, 1.54) is 5.56 Å². The second-order valence-electron chi connectivity index (χ2n) is 5.20. The zero-order valence-electron chi connectivity index (χ0n) is 13.3. The van der Waals surface area contributed by atoms with Gasteiger partial charge < -0.3 is 10.6 Å². The SMILES string of the molecule is CSc1cc(N)nc(SC(C)c2cc(CN(C)C)ccn2)n1. The number of nitrogen functional groups attached to an aromatic ring is 1. The normalized spacial score (nSPS) is 12.6. The van der Waals surface area contributed by atoms with Gasteiger partial charge in [0, 0.05) is 18.8 Å². The first-order valence-corrected chi connectivity index (χ1v) is 9.03. The number of rotatable bonds is 6. The van der Waals surface area contributed by atoms with Gasteiger partial charge in [0.1, 0.15) is 10.8 Å². The Balaban J connectivity index is 2.15. The Morgan fingerprint density at radius 2 is 2.05 bits per heavy atom. The van der Waals surface area contributed by atoms with Crippen LogP contribution in [0.15, 0.2) is 34.6 Å². The monoisotopic (exact) mass is 335 g/mol. The van der Waals surface area contributed by atoms with E-state index in [2.05, 4.69) is 46.9 Å². The highest BCUT2D eigenvalue weighted by Gasteiger charge is 2.13. The van der Waals surface area contributed by atoms with Gasteiger partial charge in [-0.1, -0.05) is 11.8 Å². The molecule has 0 aliphatic carbocycles. The van der Waals surface area contributed by atoms with Crippen LogP contribution in [0, 0.1) is 0 Å². The Kier molecular flexibility index (Phi) is 6.05. The quantitative estimate of drug-likeness (QED) is 0.494. The van der Waals surface area contributed by atoms with Crippen molar-refractivity contribution in [2.45, 2.75) is 28.9 Å². The first-order valence-electron chi connectivity index (χ1n) is 6.92. The number of thioether (sulfide) groups is 2. The summed E-state index contributed by atoms with van der Waals surface area (Å²) in [4.78, 5) is 15.4. The second-order valence-corrected chi connectivity index (χ2v) is 7.34. The Morgan fingerprint density at radius 3 is 2.73 bits per heavy atom. The van der Waals surface area contributed by atoms with Crippen molar-refractivity contribution in [1.29, 1.82) is 0 Å². The molecule has 22 heavy (non-hydrogen) atoms. The van der Waals surface area contributed by atoms with Crippen molar-refractivity contribution in [1.82, 2.24) is 19.9 Å². The van der Waals surface area contributed by atoms with Crippen LogP contribution in [0.3, 0.4) is 0 Å². The van der Waals surface area contributed by atoms with E-state index in [1.54, 1.807) is 29.6 Å². The van der Waals surface area contributed by atoms with E-state index in [0.29, 0.717) is 11.0 Å². The maximum atomic E-state index is 5.83. The molecule has 0 spiro atoms. The lowest BCUT2D eigenvalue weighted by atomic mass is 10.2. The molecule has 2 aromatic rings. The summed E-state index contributed by atoms with van der Waals surface area (Å²) in [6, 6.07) is 5.97. The molecule has 2 N–H and O–H groups in total. The summed E-state index contributed by atoms with van der Waals surface area (Å²) in [5.41, 5.74) is 8.11. The molecule has 2 heterocycles. The molecule has 1 atom stereocenters. The fourth-order valence-electron chi connectivity index (χ4n) is 1.98. The standard InChI is InChI=1S/C15H21N5S2/c1-10(12-7-11(5-6-17-12)9-20(2)3)22-15-18-13(16)8-14(19-15)21-4/h5-8,10H,9H2,1-4H3,(H2,16,18,19). The number of hydrogen-bond acceptors (Lipinski definition) is 7. The molecule has 0 aliphatic rings. The van der Waals surface area contributed by atoms with E-state index in [9.17, 15) is 0 Å². The van der Waals surface area contributed by atoms with Gasteiger partial charge in [0.2, 0.25) is 0 Å².